The van der Waals surface area contributed by atoms with Gasteiger partial charge in [0.05, 0.1) is 0 Å². The van der Waals surface area contributed by atoms with E-state index in [4.69, 9.17) is 0 Å². The quantitative estimate of drug-likeness (QED) is 0.0993. The molecule has 1 nitrogen and oxygen atoms in total. The lowest BCUT2D eigenvalue weighted by molar-refractivity contribution is 0.593. The van der Waals surface area contributed by atoms with Gasteiger partial charge >= 0.3 is 0 Å². The summed E-state index contributed by atoms with van der Waals surface area (Å²) in [7, 11) is -3.69. The van der Waals surface area contributed by atoms with E-state index in [0.717, 1.165) is 80.7 Å². The number of hydrogen-bond acceptors (Lipinski definition) is 1. The van der Waals surface area contributed by atoms with Gasteiger partial charge in [-0.25, -0.2) is 0 Å². The van der Waals surface area contributed by atoms with Gasteiger partial charge in [0.15, 0.2) is 7.14 Å². The van der Waals surface area contributed by atoms with Gasteiger partial charge in [0.1, 0.15) is 0 Å². The zero-order chi connectivity index (χ0) is 38.4. The third kappa shape index (κ3) is 4.87. The van der Waals surface area contributed by atoms with Crippen molar-refractivity contribution in [3.63, 3.8) is 0 Å². The molecule has 0 aliphatic carbocycles. The lowest BCUT2D eigenvalue weighted by Gasteiger charge is -2.27. The van der Waals surface area contributed by atoms with Crippen LogP contribution in [-0.2, 0) is 4.57 Å². The van der Waals surface area contributed by atoms with Crippen LogP contribution in [0.4, 0.5) is 0 Å². The zero-order valence-electron chi connectivity index (χ0n) is 31.6. The Bertz CT molecular complexity index is 3590. The summed E-state index contributed by atoms with van der Waals surface area (Å²) in [6, 6.07) is 75.9. The highest BCUT2D eigenvalue weighted by Gasteiger charge is 2.36. The monoisotopic (exact) mass is 754 g/mol. The van der Waals surface area contributed by atoms with Gasteiger partial charge in [-0.15, -0.1) is 0 Å². The van der Waals surface area contributed by atoms with Gasteiger partial charge in [-0.1, -0.05) is 176 Å². The Morgan fingerprint density at radius 2 is 0.655 bits per heavy atom. The summed E-state index contributed by atoms with van der Waals surface area (Å²) < 4.78 is 17.7. The van der Waals surface area contributed by atoms with E-state index >= 15 is 4.57 Å². The fourth-order valence-electron chi connectivity index (χ4n) is 9.71. The maximum Gasteiger partial charge on any atom is 0.172 e. The summed E-state index contributed by atoms with van der Waals surface area (Å²) in [5.74, 6) is 0. The Labute approximate surface area is 335 Å². The zero-order valence-corrected chi connectivity index (χ0v) is 32.5. The van der Waals surface area contributed by atoms with E-state index in [1.165, 1.54) is 32.5 Å². The summed E-state index contributed by atoms with van der Waals surface area (Å²) >= 11 is 0. The Hall–Kier alpha value is -7.05. The SMILES string of the molecule is O=P(c1ccc2cc3ccccc3cc2c1)(c1ccc2cc3ccccc3cc2c1)c1c2ccccc2c(-c2ccccc2)c2c3ccccc3c3ccccc3c12. The van der Waals surface area contributed by atoms with Crippen LogP contribution in [0.15, 0.2) is 212 Å². The van der Waals surface area contributed by atoms with Crippen molar-refractivity contribution in [3.8, 4) is 11.1 Å². The summed E-state index contributed by atoms with van der Waals surface area (Å²) in [5.41, 5.74) is 2.30. The van der Waals surface area contributed by atoms with Crippen LogP contribution in [0.3, 0.4) is 0 Å². The molecule has 0 aliphatic heterocycles. The topological polar surface area (TPSA) is 17.1 Å². The second kappa shape index (κ2) is 12.7. The van der Waals surface area contributed by atoms with Gasteiger partial charge in [-0.2, -0.15) is 0 Å². The number of hydrogen-bond donors (Lipinski definition) is 0. The Morgan fingerprint density at radius 1 is 0.276 bits per heavy atom. The molecule has 0 N–H and O–H groups in total. The van der Waals surface area contributed by atoms with E-state index in [0.29, 0.717) is 0 Å². The molecule has 0 radical (unpaired) electrons. The third-order valence-electron chi connectivity index (χ3n) is 12.4. The number of benzene rings is 12. The van der Waals surface area contributed by atoms with Crippen molar-refractivity contribution in [2.24, 2.45) is 0 Å². The Morgan fingerprint density at radius 3 is 1.17 bits per heavy atom. The van der Waals surface area contributed by atoms with Crippen LogP contribution in [0, 0.1) is 0 Å². The van der Waals surface area contributed by atoms with Gasteiger partial charge in [0, 0.05) is 21.3 Å². The second-order valence-electron chi connectivity index (χ2n) is 15.5. The fourth-order valence-corrected chi connectivity index (χ4v) is 12.8. The molecule has 0 saturated heterocycles. The Kier molecular flexibility index (Phi) is 7.27. The van der Waals surface area contributed by atoms with Gasteiger partial charge in [0.2, 0.25) is 0 Å². The summed E-state index contributed by atoms with van der Waals surface area (Å²) in [4.78, 5) is 0. The maximum absolute atomic E-state index is 17.7. The molecule has 0 bridgehead atoms. The molecule has 0 atom stereocenters. The van der Waals surface area contributed by atoms with E-state index in [1.807, 2.05) is 0 Å². The van der Waals surface area contributed by atoms with Crippen molar-refractivity contribution in [2.45, 2.75) is 0 Å². The minimum atomic E-state index is -3.69. The number of fused-ring (bicyclic) bond motifs is 11. The average molecular weight is 755 g/mol. The van der Waals surface area contributed by atoms with Gasteiger partial charge in [0.25, 0.3) is 0 Å². The summed E-state index contributed by atoms with van der Waals surface area (Å²) in [6.45, 7) is 0. The van der Waals surface area contributed by atoms with Crippen LogP contribution in [0.1, 0.15) is 0 Å². The van der Waals surface area contributed by atoms with Crippen LogP contribution < -0.4 is 15.9 Å². The third-order valence-corrected chi connectivity index (χ3v) is 15.5. The molecule has 0 amide bonds. The molecule has 0 heterocycles. The van der Waals surface area contributed by atoms with Crippen molar-refractivity contribution in [1.29, 1.82) is 0 Å². The van der Waals surface area contributed by atoms with Crippen molar-refractivity contribution >= 4 is 109 Å². The highest BCUT2D eigenvalue weighted by Crippen LogP contribution is 2.53. The van der Waals surface area contributed by atoms with Crippen LogP contribution in [-0.4, -0.2) is 0 Å². The fraction of sp³-hybridized carbons (Fsp3) is 0. The van der Waals surface area contributed by atoms with Crippen LogP contribution in [0.5, 0.6) is 0 Å². The smallest absolute Gasteiger partial charge is 0.172 e. The summed E-state index contributed by atoms with van der Waals surface area (Å²) in [5, 5.41) is 20.6. The molecule has 12 aromatic rings. The molecule has 2 heteroatoms. The standard InChI is InChI=1S/C56H35OP/c57-58(45-28-26-41-30-37-16-4-6-18-39(37)32-43(41)34-45,46-29-27-42-31-38-17-5-7-19-40(38)33-44(42)35-46)56-52-25-13-12-24-51(52)53(36-14-2-1-3-15-36)54-49-22-10-8-20-47(49)48-21-9-11-23-50(48)55(54)56/h1-35H. The Balaban J connectivity index is 1.31. The molecule has 0 spiro atoms. The van der Waals surface area contributed by atoms with Crippen molar-refractivity contribution in [3.05, 3.63) is 212 Å². The molecule has 58 heavy (non-hydrogen) atoms. The molecule has 0 aliphatic rings. The van der Waals surface area contributed by atoms with E-state index < -0.39 is 7.14 Å². The molecule has 0 unspecified atom stereocenters. The molecular weight excluding hydrogens is 720 g/mol. The van der Waals surface area contributed by atoms with Crippen LogP contribution in [0.25, 0.3) is 97.3 Å². The highest BCUT2D eigenvalue weighted by atomic mass is 31.2. The van der Waals surface area contributed by atoms with Gasteiger partial charge < -0.3 is 4.57 Å². The average Bonchev–Trinajstić information content (AvgIpc) is 3.29. The van der Waals surface area contributed by atoms with Crippen molar-refractivity contribution in [1.82, 2.24) is 0 Å². The highest BCUT2D eigenvalue weighted by molar-refractivity contribution is 7.86. The van der Waals surface area contributed by atoms with E-state index in [2.05, 4.69) is 212 Å². The van der Waals surface area contributed by atoms with Crippen LogP contribution >= 0.6 is 7.14 Å². The first kappa shape index (κ1) is 33.1. The minimum absolute atomic E-state index is 0.826. The molecule has 12 aromatic carbocycles. The molecule has 0 aromatic heterocycles. The maximum atomic E-state index is 17.7. The van der Waals surface area contributed by atoms with E-state index in [-0.39, 0.29) is 0 Å². The molecule has 0 saturated carbocycles. The molecule has 12 rings (SSSR count). The van der Waals surface area contributed by atoms with E-state index in [1.54, 1.807) is 0 Å². The first-order chi connectivity index (χ1) is 28.6. The first-order valence-electron chi connectivity index (χ1n) is 19.9. The van der Waals surface area contributed by atoms with Gasteiger partial charge in [-0.3, -0.25) is 0 Å². The van der Waals surface area contributed by atoms with Crippen molar-refractivity contribution in [2.75, 3.05) is 0 Å². The van der Waals surface area contributed by atoms with Crippen LogP contribution in [0.2, 0.25) is 0 Å². The van der Waals surface area contributed by atoms with Gasteiger partial charge in [-0.05, 0) is 128 Å². The lowest BCUT2D eigenvalue weighted by Crippen LogP contribution is -2.27. The largest absolute Gasteiger partial charge is 0.309 e. The lowest BCUT2D eigenvalue weighted by atomic mass is 9.86. The second-order valence-corrected chi connectivity index (χ2v) is 18.2. The molecule has 270 valence electrons. The number of rotatable bonds is 4. The van der Waals surface area contributed by atoms with Crippen molar-refractivity contribution < 1.29 is 4.57 Å². The van der Waals surface area contributed by atoms with E-state index in [9.17, 15) is 0 Å². The minimum Gasteiger partial charge on any atom is -0.309 e. The summed E-state index contributed by atoms with van der Waals surface area (Å²) in [6.07, 6.45) is 0. The molecular formula is C56H35OP. The first-order valence-corrected chi connectivity index (χ1v) is 21.6. The predicted octanol–water partition coefficient (Wildman–Crippen LogP) is 14.2. The molecule has 0 fully saturated rings. The predicted molar refractivity (Wildman–Crippen MR) is 251 cm³/mol. The normalized spacial score (nSPS) is 12.2.